The summed E-state index contributed by atoms with van der Waals surface area (Å²) in [4.78, 5) is 6.60. The third-order valence-electron chi connectivity index (χ3n) is 4.32. The van der Waals surface area contributed by atoms with Crippen LogP contribution in [0.5, 0.6) is 0 Å². The van der Waals surface area contributed by atoms with Gasteiger partial charge in [-0.15, -0.1) is 0 Å². The fraction of sp³-hybridized carbons (Fsp3) is 0.529. The molecule has 1 aromatic heterocycles. The lowest BCUT2D eigenvalue weighted by molar-refractivity contribution is 0.0484. The Balaban J connectivity index is 1.58. The largest absolute Gasteiger partial charge is 0.393 e. The average molecular weight is 301 g/mol. The van der Waals surface area contributed by atoms with Gasteiger partial charge in [-0.3, -0.25) is 4.90 Å². The fourth-order valence-electron chi connectivity index (χ4n) is 3.12. The van der Waals surface area contributed by atoms with E-state index in [2.05, 4.69) is 15.0 Å². The molecule has 1 N–H and O–H groups in total. The highest BCUT2D eigenvalue weighted by atomic mass is 16.5. The molecule has 5 nitrogen and oxygen atoms in total. The lowest BCUT2D eigenvalue weighted by Crippen LogP contribution is -2.34. The molecule has 2 unspecified atom stereocenters. The van der Waals surface area contributed by atoms with Crippen molar-refractivity contribution in [2.24, 2.45) is 5.92 Å². The lowest BCUT2D eigenvalue weighted by Gasteiger charge is -2.30. The molecular formula is C17H23N3O2. The third kappa shape index (κ3) is 3.72. The first kappa shape index (κ1) is 15.2. The van der Waals surface area contributed by atoms with Crippen molar-refractivity contribution in [3.63, 3.8) is 0 Å². The summed E-state index contributed by atoms with van der Waals surface area (Å²) in [5.74, 6) is 1.60. The molecule has 0 saturated heterocycles. The standard InChI is InChI=1S/C17H23N3O2/c1-20(11-14-9-5-6-10-15(14)21)12-16-18-17(19-22-16)13-7-3-2-4-8-13/h2-4,7-8,14-15,21H,5-6,9-12H2,1H3. The normalized spacial score (nSPS) is 22.1. The molecule has 118 valence electrons. The smallest absolute Gasteiger partial charge is 0.241 e. The van der Waals surface area contributed by atoms with Gasteiger partial charge in [0.1, 0.15) is 0 Å². The predicted octanol–water partition coefficient (Wildman–Crippen LogP) is 2.72. The predicted molar refractivity (Wildman–Crippen MR) is 84.0 cm³/mol. The van der Waals surface area contributed by atoms with Crippen molar-refractivity contribution in [3.8, 4) is 11.4 Å². The van der Waals surface area contributed by atoms with Crippen molar-refractivity contribution >= 4 is 0 Å². The molecule has 22 heavy (non-hydrogen) atoms. The Hall–Kier alpha value is -1.72. The van der Waals surface area contributed by atoms with E-state index >= 15 is 0 Å². The van der Waals surface area contributed by atoms with Crippen molar-refractivity contribution in [2.75, 3.05) is 13.6 Å². The van der Waals surface area contributed by atoms with Crippen LogP contribution in [0.2, 0.25) is 0 Å². The first-order valence-corrected chi connectivity index (χ1v) is 7.97. The minimum atomic E-state index is -0.168. The number of rotatable bonds is 5. The molecule has 1 aromatic carbocycles. The van der Waals surface area contributed by atoms with Crippen LogP contribution in [0, 0.1) is 5.92 Å². The quantitative estimate of drug-likeness (QED) is 0.920. The van der Waals surface area contributed by atoms with Crippen LogP contribution in [0.3, 0.4) is 0 Å². The van der Waals surface area contributed by atoms with Crippen molar-refractivity contribution in [2.45, 2.75) is 38.3 Å². The van der Waals surface area contributed by atoms with Gasteiger partial charge in [0.05, 0.1) is 12.6 Å². The first-order chi connectivity index (χ1) is 10.7. The third-order valence-corrected chi connectivity index (χ3v) is 4.32. The summed E-state index contributed by atoms with van der Waals surface area (Å²) in [6.45, 7) is 1.48. The van der Waals surface area contributed by atoms with Crippen LogP contribution < -0.4 is 0 Å². The molecule has 3 rings (SSSR count). The Morgan fingerprint density at radius 1 is 1.23 bits per heavy atom. The van der Waals surface area contributed by atoms with E-state index in [-0.39, 0.29) is 6.10 Å². The Kier molecular flexibility index (Phi) is 4.85. The zero-order valence-electron chi connectivity index (χ0n) is 13.0. The van der Waals surface area contributed by atoms with E-state index in [4.69, 9.17) is 4.52 Å². The molecule has 5 heteroatoms. The Morgan fingerprint density at radius 2 is 2.00 bits per heavy atom. The Bertz CT molecular complexity index is 585. The maximum absolute atomic E-state index is 10.1. The van der Waals surface area contributed by atoms with Gasteiger partial charge in [0, 0.05) is 12.1 Å². The van der Waals surface area contributed by atoms with Crippen molar-refractivity contribution in [1.82, 2.24) is 15.0 Å². The number of aromatic nitrogens is 2. The molecule has 1 fully saturated rings. The minimum absolute atomic E-state index is 0.168. The van der Waals surface area contributed by atoms with Gasteiger partial charge in [0.2, 0.25) is 11.7 Å². The van der Waals surface area contributed by atoms with Crippen molar-refractivity contribution in [3.05, 3.63) is 36.2 Å². The number of aliphatic hydroxyl groups excluding tert-OH is 1. The maximum atomic E-state index is 10.1. The van der Waals surface area contributed by atoms with Crippen molar-refractivity contribution in [1.29, 1.82) is 0 Å². The number of nitrogens with zero attached hydrogens (tertiary/aromatic N) is 3. The van der Waals surface area contributed by atoms with Gasteiger partial charge in [-0.2, -0.15) is 4.98 Å². The molecule has 0 amide bonds. The first-order valence-electron chi connectivity index (χ1n) is 7.97. The van der Waals surface area contributed by atoms with Crippen molar-refractivity contribution < 1.29 is 9.63 Å². The fourth-order valence-corrected chi connectivity index (χ4v) is 3.12. The molecule has 1 aliphatic carbocycles. The van der Waals surface area contributed by atoms with E-state index in [9.17, 15) is 5.11 Å². The maximum Gasteiger partial charge on any atom is 0.241 e. The number of aliphatic hydroxyl groups is 1. The minimum Gasteiger partial charge on any atom is -0.393 e. The van der Waals surface area contributed by atoms with E-state index in [1.54, 1.807) is 0 Å². The van der Waals surface area contributed by atoms with E-state index in [1.165, 1.54) is 6.42 Å². The summed E-state index contributed by atoms with van der Waals surface area (Å²) in [7, 11) is 2.04. The van der Waals surface area contributed by atoms with Gasteiger partial charge < -0.3 is 9.63 Å². The molecule has 0 bridgehead atoms. The summed E-state index contributed by atoms with van der Waals surface area (Å²) >= 11 is 0. The van der Waals surface area contributed by atoms with Crippen LogP contribution in [-0.4, -0.2) is 39.8 Å². The molecule has 2 atom stereocenters. The highest BCUT2D eigenvalue weighted by Gasteiger charge is 2.24. The second-order valence-electron chi connectivity index (χ2n) is 6.19. The van der Waals surface area contributed by atoms with Crippen LogP contribution in [-0.2, 0) is 6.54 Å². The van der Waals surface area contributed by atoms with E-state index in [0.717, 1.165) is 31.4 Å². The topological polar surface area (TPSA) is 62.4 Å². The van der Waals surface area contributed by atoms with Gasteiger partial charge in [-0.1, -0.05) is 48.3 Å². The Labute approximate surface area is 131 Å². The van der Waals surface area contributed by atoms with Gasteiger partial charge in [0.15, 0.2) is 0 Å². The van der Waals surface area contributed by atoms with Crippen LogP contribution >= 0.6 is 0 Å². The summed E-state index contributed by atoms with van der Waals surface area (Å²) in [5.41, 5.74) is 0.961. The zero-order valence-corrected chi connectivity index (χ0v) is 13.0. The molecular weight excluding hydrogens is 278 g/mol. The molecule has 0 radical (unpaired) electrons. The average Bonchev–Trinajstić information content (AvgIpc) is 2.99. The molecule has 0 aliphatic heterocycles. The van der Waals surface area contributed by atoms with Crippen LogP contribution in [0.25, 0.3) is 11.4 Å². The number of hydrogen-bond acceptors (Lipinski definition) is 5. The SMILES string of the molecule is CN(Cc1nc(-c2ccccc2)no1)CC1CCCCC1O. The van der Waals surface area contributed by atoms with Crippen LogP contribution in [0.4, 0.5) is 0 Å². The summed E-state index contributed by atoms with van der Waals surface area (Å²) in [5, 5.41) is 14.1. The second kappa shape index (κ2) is 7.03. The van der Waals surface area contributed by atoms with Crippen LogP contribution in [0.1, 0.15) is 31.6 Å². The summed E-state index contributed by atoms with van der Waals surface area (Å²) in [6.07, 6.45) is 4.22. The van der Waals surface area contributed by atoms with Gasteiger partial charge >= 0.3 is 0 Å². The van der Waals surface area contributed by atoms with Gasteiger partial charge in [-0.05, 0) is 25.8 Å². The van der Waals surface area contributed by atoms with Gasteiger partial charge in [0.25, 0.3) is 0 Å². The molecule has 0 spiro atoms. The second-order valence-corrected chi connectivity index (χ2v) is 6.19. The van der Waals surface area contributed by atoms with E-state index in [0.29, 0.717) is 24.2 Å². The van der Waals surface area contributed by atoms with E-state index < -0.39 is 0 Å². The molecule has 1 aliphatic rings. The van der Waals surface area contributed by atoms with Gasteiger partial charge in [-0.25, -0.2) is 0 Å². The monoisotopic (exact) mass is 301 g/mol. The highest BCUT2D eigenvalue weighted by Crippen LogP contribution is 2.25. The number of hydrogen-bond donors (Lipinski definition) is 1. The number of benzene rings is 1. The molecule has 2 aromatic rings. The summed E-state index contributed by atoms with van der Waals surface area (Å²) < 4.78 is 5.34. The highest BCUT2D eigenvalue weighted by molar-refractivity contribution is 5.53. The Morgan fingerprint density at radius 3 is 2.77 bits per heavy atom. The van der Waals surface area contributed by atoms with Crippen LogP contribution in [0.15, 0.2) is 34.9 Å². The summed E-state index contributed by atoms with van der Waals surface area (Å²) in [6, 6.07) is 9.82. The van der Waals surface area contributed by atoms with E-state index in [1.807, 2.05) is 37.4 Å². The molecule has 1 heterocycles. The molecule has 1 saturated carbocycles. The lowest BCUT2D eigenvalue weighted by atomic mass is 9.86. The zero-order chi connectivity index (χ0) is 15.4.